The van der Waals surface area contributed by atoms with E-state index in [1.807, 2.05) is 19.1 Å². The zero-order chi connectivity index (χ0) is 27.5. The Morgan fingerprint density at radius 1 is 1.05 bits per heavy atom. The number of hydrogen-bond donors (Lipinski definition) is 3. The highest BCUT2D eigenvalue weighted by atomic mass is 16.2. The minimum absolute atomic E-state index is 0.0675. The van der Waals surface area contributed by atoms with Gasteiger partial charge in [0.25, 0.3) is 11.8 Å². The Balaban J connectivity index is 1.14. The third kappa shape index (κ3) is 5.01. The highest BCUT2D eigenvalue weighted by Crippen LogP contribution is 2.49. The van der Waals surface area contributed by atoms with Gasteiger partial charge in [-0.1, -0.05) is 6.92 Å². The van der Waals surface area contributed by atoms with Gasteiger partial charge in [0, 0.05) is 53.1 Å². The van der Waals surface area contributed by atoms with Crippen molar-refractivity contribution in [1.82, 2.24) is 10.3 Å². The molecule has 2 aliphatic carbocycles. The minimum Gasteiger partial charge on any atom is -0.381 e. The van der Waals surface area contributed by atoms with E-state index in [4.69, 9.17) is 5.73 Å². The molecule has 0 radical (unpaired) electrons. The normalized spacial score (nSPS) is 25.6. The lowest BCUT2D eigenvalue weighted by molar-refractivity contribution is 0.0923. The first-order valence-corrected chi connectivity index (χ1v) is 14.4. The van der Waals surface area contributed by atoms with Crippen molar-refractivity contribution in [2.75, 3.05) is 10.2 Å². The van der Waals surface area contributed by atoms with Crippen molar-refractivity contribution in [2.45, 2.75) is 96.3 Å². The van der Waals surface area contributed by atoms with Crippen molar-refractivity contribution in [3.63, 3.8) is 0 Å². The van der Waals surface area contributed by atoms with Crippen LogP contribution in [-0.4, -0.2) is 46.7 Å². The molecule has 6 rings (SSSR count). The molecule has 8 heteroatoms. The summed E-state index contributed by atoms with van der Waals surface area (Å²) >= 11 is 0. The number of aryl methyl sites for hydroxylation is 1. The van der Waals surface area contributed by atoms with Crippen molar-refractivity contribution in [1.29, 1.82) is 0 Å². The van der Waals surface area contributed by atoms with E-state index >= 15 is 0 Å². The van der Waals surface area contributed by atoms with Crippen molar-refractivity contribution in [3.05, 3.63) is 52.7 Å². The smallest absolute Gasteiger partial charge is 0.251 e. The predicted octanol–water partition coefficient (Wildman–Crippen LogP) is 4.61. The van der Waals surface area contributed by atoms with Gasteiger partial charge in [-0.25, -0.2) is 4.98 Å². The second kappa shape index (κ2) is 9.65. The number of carbonyl (C=O) groups excluding carboxylic acids is 3. The molecule has 2 saturated carbocycles. The van der Waals surface area contributed by atoms with E-state index in [0.717, 1.165) is 62.7 Å². The van der Waals surface area contributed by atoms with Crippen LogP contribution in [0.15, 0.2) is 30.5 Å². The zero-order valence-electron chi connectivity index (χ0n) is 23.1. The monoisotopic (exact) mass is 529 g/mol. The first kappa shape index (κ1) is 25.8. The molecule has 4 fully saturated rings. The molecule has 2 aromatic rings. The summed E-state index contributed by atoms with van der Waals surface area (Å²) in [4.78, 5) is 45.1. The van der Waals surface area contributed by atoms with Crippen molar-refractivity contribution >= 4 is 29.1 Å². The van der Waals surface area contributed by atoms with E-state index in [1.165, 1.54) is 0 Å². The fraction of sp³-hybridized carbons (Fsp3) is 0.548. The average molecular weight is 530 g/mol. The maximum atomic E-state index is 13.5. The summed E-state index contributed by atoms with van der Waals surface area (Å²) in [5.74, 6) is 0.721. The van der Waals surface area contributed by atoms with Crippen LogP contribution in [0.5, 0.6) is 0 Å². The number of benzene rings is 1. The Labute approximate surface area is 230 Å². The molecular weight excluding hydrogens is 490 g/mol. The number of nitrogens with two attached hydrogens (primary N) is 1. The predicted molar refractivity (Wildman–Crippen MR) is 151 cm³/mol. The van der Waals surface area contributed by atoms with Crippen molar-refractivity contribution < 1.29 is 14.4 Å². The fourth-order valence-corrected chi connectivity index (χ4v) is 6.51. The Hall–Kier alpha value is -3.42. The number of rotatable bonds is 9. The van der Waals surface area contributed by atoms with E-state index in [0.29, 0.717) is 34.5 Å². The summed E-state index contributed by atoms with van der Waals surface area (Å²) in [6.45, 7) is 6.20. The van der Waals surface area contributed by atoms with E-state index < -0.39 is 5.91 Å². The van der Waals surface area contributed by atoms with Gasteiger partial charge < -0.3 is 21.3 Å². The highest BCUT2D eigenvalue weighted by molar-refractivity contribution is 6.03. The van der Waals surface area contributed by atoms with Crippen LogP contribution in [-0.2, 0) is 0 Å². The SMILES string of the molecule is Cc1cc(C(N)=O)c(NC(C)C2(C)CC2)cc1C(=O)N[C@H]1C[C@H]2CC[C@@H](C1)N2c1ccc(C(=O)C2CC2)cn1. The Morgan fingerprint density at radius 2 is 1.74 bits per heavy atom. The number of Topliss-reactive ketones (excluding diaryl/α,β-unsaturated/α-hetero) is 1. The highest BCUT2D eigenvalue weighted by Gasteiger charge is 2.43. The van der Waals surface area contributed by atoms with Crippen LogP contribution in [0.25, 0.3) is 0 Å². The number of fused-ring (bicyclic) bond motifs is 2. The number of aromatic nitrogens is 1. The van der Waals surface area contributed by atoms with Crippen LogP contribution in [0.2, 0.25) is 0 Å². The summed E-state index contributed by atoms with van der Waals surface area (Å²) in [6, 6.07) is 8.29. The molecule has 2 saturated heterocycles. The van der Waals surface area contributed by atoms with Gasteiger partial charge >= 0.3 is 0 Å². The fourth-order valence-electron chi connectivity index (χ4n) is 6.51. The molecule has 2 bridgehead atoms. The molecule has 4 aliphatic rings. The number of carbonyl (C=O) groups is 3. The van der Waals surface area contributed by atoms with Crippen molar-refractivity contribution in [3.8, 4) is 0 Å². The molecule has 206 valence electrons. The van der Waals surface area contributed by atoms with Gasteiger partial charge in [0.15, 0.2) is 5.78 Å². The Morgan fingerprint density at radius 3 is 2.31 bits per heavy atom. The first-order valence-electron chi connectivity index (χ1n) is 14.4. The lowest BCUT2D eigenvalue weighted by Gasteiger charge is -2.40. The number of nitrogens with zero attached hydrogens (tertiary/aromatic N) is 2. The number of anilines is 2. The zero-order valence-corrected chi connectivity index (χ0v) is 23.1. The van der Waals surface area contributed by atoms with Crippen LogP contribution in [0.1, 0.15) is 102 Å². The van der Waals surface area contributed by atoms with Crippen LogP contribution >= 0.6 is 0 Å². The third-order valence-electron chi connectivity index (χ3n) is 9.64. The van der Waals surface area contributed by atoms with Gasteiger partial charge in [-0.2, -0.15) is 0 Å². The van der Waals surface area contributed by atoms with E-state index in [9.17, 15) is 14.4 Å². The molecule has 4 atom stereocenters. The molecule has 0 spiro atoms. The quantitative estimate of drug-likeness (QED) is 0.408. The van der Waals surface area contributed by atoms with E-state index in [1.54, 1.807) is 18.3 Å². The molecule has 1 aromatic heterocycles. The molecule has 3 heterocycles. The summed E-state index contributed by atoms with van der Waals surface area (Å²) in [5, 5.41) is 6.76. The van der Waals surface area contributed by atoms with Gasteiger partial charge in [0.1, 0.15) is 5.82 Å². The standard InChI is InChI=1S/C31H39N5O3/c1-17-12-25(29(32)38)26(34-18(2)31(3)10-11-31)15-24(17)30(39)35-21-13-22-7-8-23(14-21)36(22)27-9-6-20(16-33-27)28(37)19-4-5-19/h6,9,12,15-16,18-19,21-23,34H,4-5,7-8,10-11,13-14H2,1-3H3,(H2,32,38)(H,35,39)/t18?,21-,22+,23-. The summed E-state index contributed by atoms with van der Waals surface area (Å²) in [6.07, 6.45) is 9.85. The average Bonchev–Trinajstić information content (AvgIpc) is 3.84. The number of piperidine rings is 1. The number of amides is 2. The second-order valence-electron chi connectivity index (χ2n) is 12.6. The lowest BCUT2D eigenvalue weighted by Crippen LogP contribution is -2.50. The number of pyridine rings is 1. The Kier molecular flexibility index (Phi) is 6.39. The van der Waals surface area contributed by atoms with E-state index in [-0.39, 0.29) is 35.1 Å². The summed E-state index contributed by atoms with van der Waals surface area (Å²) in [7, 11) is 0. The molecule has 1 unspecified atom stereocenters. The van der Waals surface area contributed by atoms with Gasteiger partial charge in [-0.05, 0) is 100 Å². The molecule has 8 nitrogen and oxygen atoms in total. The maximum absolute atomic E-state index is 13.5. The van der Waals surface area contributed by atoms with Crippen LogP contribution < -0.4 is 21.3 Å². The second-order valence-corrected chi connectivity index (χ2v) is 12.6. The number of primary amides is 1. The lowest BCUT2D eigenvalue weighted by atomic mass is 9.95. The third-order valence-corrected chi connectivity index (χ3v) is 9.64. The Bertz CT molecular complexity index is 1300. The molecular formula is C31H39N5O3. The van der Waals surface area contributed by atoms with Gasteiger partial charge in [0.2, 0.25) is 0 Å². The van der Waals surface area contributed by atoms with Gasteiger partial charge in [-0.3, -0.25) is 14.4 Å². The van der Waals surface area contributed by atoms with Crippen LogP contribution in [0, 0.1) is 18.3 Å². The molecule has 2 aliphatic heterocycles. The molecule has 2 amide bonds. The molecule has 1 aromatic carbocycles. The number of hydrogen-bond acceptors (Lipinski definition) is 6. The molecule has 39 heavy (non-hydrogen) atoms. The first-order chi connectivity index (χ1) is 18.6. The van der Waals surface area contributed by atoms with Crippen LogP contribution in [0.3, 0.4) is 0 Å². The van der Waals surface area contributed by atoms with Crippen LogP contribution in [0.4, 0.5) is 11.5 Å². The van der Waals surface area contributed by atoms with E-state index in [2.05, 4.69) is 34.4 Å². The number of ketones is 1. The number of nitrogens with one attached hydrogen (secondary N) is 2. The van der Waals surface area contributed by atoms with Crippen molar-refractivity contribution in [2.24, 2.45) is 17.1 Å². The maximum Gasteiger partial charge on any atom is 0.251 e. The van der Waals surface area contributed by atoms with Gasteiger partial charge in [0.05, 0.1) is 5.56 Å². The summed E-state index contributed by atoms with van der Waals surface area (Å²) in [5.41, 5.74) is 8.97. The minimum atomic E-state index is -0.497. The molecule has 4 N–H and O–H groups in total. The van der Waals surface area contributed by atoms with Gasteiger partial charge in [-0.15, -0.1) is 0 Å². The summed E-state index contributed by atoms with van der Waals surface area (Å²) < 4.78 is 0. The topological polar surface area (TPSA) is 117 Å². The largest absolute Gasteiger partial charge is 0.381 e.